The second kappa shape index (κ2) is 90.4. The Morgan fingerprint density at radius 3 is 0.951 bits per heavy atom. The fraction of sp³-hybridized carbons (Fsp3) is 0.564. The second-order valence-corrected chi connectivity index (χ2v) is 5.04. The van der Waals surface area contributed by atoms with Crippen molar-refractivity contribution in [1.29, 1.82) is 0 Å². The Bertz CT molecular complexity index is 573. The molecule has 1 heterocycles. The molecule has 3 aromatic rings. The topological polar surface area (TPSA) is 22.1 Å². The third-order valence-corrected chi connectivity index (χ3v) is 2.91. The molecule has 0 amide bonds. The number of rotatable bonds is 2. The van der Waals surface area contributed by atoms with E-state index in [2.05, 4.69) is 24.0 Å². The van der Waals surface area contributed by atoms with Crippen molar-refractivity contribution in [2.45, 2.75) is 145 Å². The first-order chi connectivity index (χ1) is 20.2. The summed E-state index contributed by atoms with van der Waals surface area (Å²) in [6, 6.07) is 26.2. The van der Waals surface area contributed by atoms with E-state index in [-0.39, 0.29) is 0 Å². The van der Waals surface area contributed by atoms with E-state index in [1.807, 2.05) is 198 Å². The fourth-order valence-electron chi connectivity index (χ4n) is 1.72. The lowest BCUT2D eigenvalue weighted by Gasteiger charge is -1.95. The molecule has 0 atom stereocenters. The van der Waals surface area contributed by atoms with E-state index in [1.54, 1.807) is 13.3 Å². The van der Waals surface area contributed by atoms with Crippen LogP contribution in [0.5, 0.6) is 0 Å². The molecule has 3 rings (SSSR count). The predicted molar refractivity (Wildman–Crippen MR) is 199 cm³/mol. The van der Waals surface area contributed by atoms with Crippen LogP contribution in [0.4, 0.5) is 0 Å². The first-order valence-electron chi connectivity index (χ1n) is 16.6. The molecule has 0 fully saturated rings. The van der Waals surface area contributed by atoms with E-state index < -0.39 is 0 Å². The van der Waals surface area contributed by atoms with Crippen LogP contribution >= 0.6 is 0 Å². The number of hydrogen-bond donors (Lipinski definition) is 0. The third kappa shape index (κ3) is 78.7. The molecule has 41 heavy (non-hydrogen) atoms. The molecule has 2 nitrogen and oxygen atoms in total. The summed E-state index contributed by atoms with van der Waals surface area (Å²) in [5, 5.41) is 0. The van der Waals surface area contributed by atoms with Gasteiger partial charge in [-0.1, -0.05) is 197 Å². The van der Waals surface area contributed by atoms with Crippen LogP contribution in [0.2, 0.25) is 0 Å². The van der Waals surface area contributed by atoms with E-state index in [0.717, 1.165) is 5.69 Å². The van der Waals surface area contributed by atoms with Crippen molar-refractivity contribution in [3.8, 4) is 0 Å². The number of hydrogen-bond acceptors (Lipinski definition) is 2. The van der Waals surface area contributed by atoms with Gasteiger partial charge in [0.25, 0.3) is 0 Å². The summed E-state index contributed by atoms with van der Waals surface area (Å²) >= 11 is 0. The number of methoxy groups -OCH3 is 1. The minimum absolute atomic E-state index is 0.709. The number of benzene rings is 2. The zero-order chi connectivity index (χ0) is 34.8. The van der Waals surface area contributed by atoms with Crippen molar-refractivity contribution in [1.82, 2.24) is 4.98 Å². The SMILES string of the molecule is CC.CC.CC.CC.CC.CC.CC.CC.CC.COCc1ccccc1.Cc1ccccc1.Cc1ccccn1. The highest BCUT2D eigenvalue weighted by Gasteiger charge is 1.84. The van der Waals surface area contributed by atoms with Crippen LogP contribution in [-0.4, -0.2) is 12.1 Å². The maximum absolute atomic E-state index is 4.93. The summed E-state index contributed by atoms with van der Waals surface area (Å²) < 4.78 is 4.93. The largest absolute Gasteiger partial charge is 0.380 e. The number of ether oxygens (including phenoxy) is 1. The van der Waals surface area contributed by atoms with Gasteiger partial charge in [-0.05, 0) is 31.5 Å². The highest BCUT2D eigenvalue weighted by atomic mass is 16.5. The van der Waals surface area contributed by atoms with Crippen LogP contribution in [0.25, 0.3) is 0 Å². The molecule has 0 saturated heterocycles. The van der Waals surface area contributed by atoms with Crippen LogP contribution in [0, 0.1) is 13.8 Å². The Morgan fingerprint density at radius 2 is 0.756 bits per heavy atom. The molecule has 246 valence electrons. The van der Waals surface area contributed by atoms with Crippen molar-refractivity contribution in [2.24, 2.45) is 0 Å². The lowest BCUT2D eigenvalue weighted by atomic mass is 10.2. The minimum atomic E-state index is 0.709. The molecular formula is C39H79NO. The van der Waals surface area contributed by atoms with E-state index in [4.69, 9.17) is 4.74 Å². The van der Waals surface area contributed by atoms with Crippen molar-refractivity contribution < 1.29 is 4.74 Å². The Labute approximate surface area is 263 Å². The Hall–Kier alpha value is -2.45. The van der Waals surface area contributed by atoms with E-state index in [9.17, 15) is 0 Å². The minimum Gasteiger partial charge on any atom is -0.380 e. The van der Waals surface area contributed by atoms with E-state index >= 15 is 0 Å². The Kier molecular flexibility index (Phi) is 137. The van der Waals surface area contributed by atoms with Gasteiger partial charge in [0, 0.05) is 19.0 Å². The van der Waals surface area contributed by atoms with E-state index in [1.165, 1.54) is 11.1 Å². The van der Waals surface area contributed by atoms with Crippen LogP contribution in [0.1, 0.15) is 141 Å². The molecule has 0 N–H and O–H groups in total. The summed E-state index contributed by atoms with van der Waals surface area (Å²) in [6.45, 7) is 40.8. The Balaban J connectivity index is -0.0000000422. The van der Waals surface area contributed by atoms with Gasteiger partial charge < -0.3 is 4.74 Å². The molecule has 1 aromatic heterocycles. The highest BCUT2D eigenvalue weighted by Crippen LogP contribution is 1.98. The van der Waals surface area contributed by atoms with Gasteiger partial charge in [-0.3, -0.25) is 4.98 Å². The first kappa shape index (κ1) is 62.2. The normalized spacial score (nSPS) is 6.37. The monoisotopic (exact) mass is 578 g/mol. The summed E-state index contributed by atoms with van der Waals surface area (Å²) in [6.07, 6.45) is 1.79. The average molecular weight is 578 g/mol. The molecule has 0 unspecified atom stereocenters. The second-order valence-electron chi connectivity index (χ2n) is 5.04. The van der Waals surface area contributed by atoms with Gasteiger partial charge >= 0.3 is 0 Å². The number of aromatic nitrogens is 1. The van der Waals surface area contributed by atoms with Gasteiger partial charge in [0.15, 0.2) is 0 Å². The molecule has 0 bridgehead atoms. The molecule has 2 aromatic carbocycles. The quantitative estimate of drug-likeness (QED) is 0.302. The van der Waals surface area contributed by atoms with Gasteiger partial charge in [0.1, 0.15) is 0 Å². The van der Waals surface area contributed by atoms with Gasteiger partial charge in [-0.15, -0.1) is 0 Å². The smallest absolute Gasteiger partial charge is 0.0713 e. The first-order valence-corrected chi connectivity index (χ1v) is 16.6. The van der Waals surface area contributed by atoms with E-state index in [0.29, 0.717) is 6.61 Å². The number of aryl methyl sites for hydroxylation is 2. The molecule has 0 spiro atoms. The van der Waals surface area contributed by atoms with Gasteiger partial charge in [0.05, 0.1) is 6.61 Å². The van der Waals surface area contributed by atoms with Crippen LogP contribution in [-0.2, 0) is 11.3 Å². The predicted octanol–water partition coefficient (Wildman–Crippen LogP) is 14.5. The highest BCUT2D eigenvalue weighted by molar-refractivity contribution is 5.13. The summed E-state index contributed by atoms with van der Waals surface area (Å²) in [4.78, 5) is 3.98. The summed E-state index contributed by atoms with van der Waals surface area (Å²) in [5.74, 6) is 0. The molecule has 0 saturated carbocycles. The van der Waals surface area contributed by atoms with Gasteiger partial charge in [-0.2, -0.15) is 0 Å². The summed E-state index contributed by atoms with van der Waals surface area (Å²) in [5.41, 5.74) is 3.62. The van der Waals surface area contributed by atoms with Gasteiger partial charge in [-0.25, -0.2) is 0 Å². The van der Waals surface area contributed by atoms with Crippen LogP contribution in [0.3, 0.4) is 0 Å². The van der Waals surface area contributed by atoms with Crippen LogP contribution in [0.15, 0.2) is 85.1 Å². The lowest BCUT2D eigenvalue weighted by molar-refractivity contribution is 0.185. The fourth-order valence-corrected chi connectivity index (χ4v) is 1.72. The third-order valence-electron chi connectivity index (χ3n) is 2.91. The number of pyridine rings is 1. The maximum Gasteiger partial charge on any atom is 0.0713 e. The van der Waals surface area contributed by atoms with Gasteiger partial charge in [0.2, 0.25) is 0 Å². The van der Waals surface area contributed by atoms with Crippen molar-refractivity contribution in [3.63, 3.8) is 0 Å². The molecular weight excluding hydrogens is 498 g/mol. The van der Waals surface area contributed by atoms with Crippen molar-refractivity contribution in [3.05, 3.63) is 102 Å². The molecule has 0 aliphatic carbocycles. The van der Waals surface area contributed by atoms with Crippen molar-refractivity contribution >= 4 is 0 Å². The zero-order valence-corrected chi connectivity index (χ0v) is 32.1. The molecule has 0 aliphatic heterocycles. The average Bonchev–Trinajstić information content (AvgIpc) is 3.11. The standard InChI is InChI=1S/C8H10O.C7H8.C6H7N.9C2H6/c1-9-7-8-5-3-2-4-6-8;1-7-5-3-2-4-6-7;1-6-4-2-3-5-7-6;9*1-2/h2-6H,7H2,1H3;2-6H,1H3;2-5H,1H3;9*1-2H3. The zero-order valence-electron chi connectivity index (χ0n) is 32.1. The van der Waals surface area contributed by atoms with Crippen molar-refractivity contribution in [2.75, 3.05) is 7.11 Å². The molecule has 0 aliphatic rings. The number of nitrogens with zero attached hydrogens (tertiary/aromatic N) is 1. The lowest BCUT2D eigenvalue weighted by Crippen LogP contribution is -1.84. The Morgan fingerprint density at radius 1 is 0.439 bits per heavy atom. The summed E-state index contributed by atoms with van der Waals surface area (Å²) in [7, 11) is 1.70. The molecule has 2 heteroatoms. The maximum atomic E-state index is 4.93. The van der Waals surface area contributed by atoms with Crippen LogP contribution < -0.4 is 0 Å². The molecule has 0 radical (unpaired) electrons.